The number of carbonyl (C=O) groups excluding carboxylic acids is 1. The van der Waals surface area contributed by atoms with Crippen molar-refractivity contribution in [2.24, 2.45) is 0 Å². The van der Waals surface area contributed by atoms with E-state index in [-0.39, 0.29) is 18.4 Å². The number of rotatable bonds is 9. The van der Waals surface area contributed by atoms with Gasteiger partial charge in [0.25, 0.3) is 0 Å². The summed E-state index contributed by atoms with van der Waals surface area (Å²) in [4.78, 5) is 12.1. The van der Waals surface area contributed by atoms with E-state index in [9.17, 15) is 26.4 Å². The van der Waals surface area contributed by atoms with E-state index >= 15 is 0 Å². The van der Waals surface area contributed by atoms with Crippen LogP contribution in [0, 0.1) is 0 Å². The van der Waals surface area contributed by atoms with Crippen molar-refractivity contribution in [1.29, 1.82) is 0 Å². The Kier molecular flexibility index (Phi) is 7.39. The van der Waals surface area contributed by atoms with Gasteiger partial charge in [-0.3, -0.25) is 4.79 Å². The van der Waals surface area contributed by atoms with Crippen LogP contribution in [0.3, 0.4) is 0 Å². The van der Waals surface area contributed by atoms with Crippen molar-refractivity contribution in [2.75, 3.05) is 6.61 Å². The lowest BCUT2D eigenvalue weighted by molar-refractivity contribution is -0.137. The summed E-state index contributed by atoms with van der Waals surface area (Å²) in [6, 6.07) is 8.87. The highest BCUT2D eigenvalue weighted by Gasteiger charge is 2.32. The van der Waals surface area contributed by atoms with Crippen LogP contribution in [-0.4, -0.2) is 33.0 Å². The number of halogens is 3. The molecule has 11 heteroatoms. The van der Waals surface area contributed by atoms with E-state index in [4.69, 9.17) is 4.74 Å². The maximum absolute atomic E-state index is 12.9. The predicted octanol–water partition coefficient (Wildman–Crippen LogP) is 3.65. The standard InChI is InChI=1S/C24H28F3N3O4S/c1-15(30-35(32,33)19-4-2-3-17(13-19)24(25,26)27)11-23(31)29-21-9-10-34-22-12-16(5-8-20(21)22)14-28-18-6-7-18/h2-5,8,12-13,15,18,21,28,30H,6-7,9-11,14H2,1H3,(H,29,31)/t15-,21+/m0/s1. The molecule has 7 nitrogen and oxygen atoms in total. The monoisotopic (exact) mass is 511 g/mol. The van der Waals surface area contributed by atoms with Crippen molar-refractivity contribution in [3.05, 3.63) is 59.2 Å². The van der Waals surface area contributed by atoms with Crippen molar-refractivity contribution in [3.8, 4) is 5.75 Å². The van der Waals surface area contributed by atoms with Crippen molar-refractivity contribution in [1.82, 2.24) is 15.4 Å². The molecule has 1 aliphatic heterocycles. The lowest BCUT2D eigenvalue weighted by Gasteiger charge is -2.27. The molecule has 1 heterocycles. The molecule has 3 N–H and O–H groups in total. The van der Waals surface area contributed by atoms with E-state index < -0.39 is 32.7 Å². The first kappa shape index (κ1) is 25.5. The number of hydrogen-bond donors (Lipinski definition) is 3. The second kappa shape index (κ2) is 10.2. The second-order valence-corrected chi connectivity index (χ2v) is 10.8. The van der Waals surface area contributed by atoms with Crippen molar-refractivity contribution in [2.45, 2.75) is 68.3 Å². The van der Waals surface area contributed by atoms with Crippen molar-refractivity contribution < 1.29 is 31.1 Å². The van der Waals surface area contributed by atoms with Crippen molar-refractivity contribution >= 4 is 15.9 Å². The third-order valence-electron chi connectivity index (χ3n) is 5.94. The number of fused-ring (bicyclic) bond motifs is 1. The topological polar surface area (TPSA) is 96.5 Å². The van der Waals surface area contributed by atoms with Gasteiger partial charge in [-0.05, 0) is 49.6 Å². The molecule has 4 rings (SSSR count). The van der Waals surface area contributed by atoms with Gasteiger partial charge in [-0.2, -0.15) is 13.2 Å². The fourth-order valence-corrected chi connectivity index (χ4v) is 5.28. The molecule has 35 heavy (non-hydrogen) atoms. The minimum absolute atomic E-state index is 0.172. The van der Waals surface area contributed by atoms with Crippen LogP contribution >= 0.6 is 0 Å². The van der Waals surface area contributed by atoms with Gasteiger partial charge < -0.3 is 15.4 Å². The van der Waals surface area contributed by atoms with E-state index in [1.165, 1.54) is 19.8 Å². The summed E-state index contributed by atoms with van der Waals surface area (Å²) >= 11 is 0. The quantitative estimate of drug-likeness (QED) is 0.478. The highest BCUT2D eigenvalue weighted by Crippen LogP contribution is 2.33. The number of ether oxygens (including phenoxy) is 1. The normalized spacial score (nSPS) is 18.9. The van der Waals surface area contributed by atoms with Gasteiger partial charge in [-0.1, -0.05) is 18.2 Å². The molecule has 0 saturated heterocycles. The first-order valence-corrected chi connectivity index (χ1v) is 13.0. The number of hydrogen-bond acceptors (Lipinski definition) is 5. The molecule has 1 amide bonds. The van der Waals surface area contributed by atoms with Crippen LogP contribution in [0.15, 0.2) is 47.4 Å². The first-order chi connectivity index (χ1) is 16.5. The number of carbonyl (C=O) groups is 1. The molecule has 0 bridgehead atoms. The van der Waals surface area contributed by atoms with E-state index in [0.29, 0.717) is 25.1 Å². The Morgan fingerprint density at radius 3 is 2.63 bits per heavy atom. The first-order valence-electron chi connectivity index (χ1n) is 11.5. The largest absolute Gasteiger partial charge is 0.493 e. The second-order valence-electron chi connectivity index (χ2n) is 9.04. The molecule has 2 atom stereocenters. The van der Waals surface area contributed by atoms with Crippen LogP contribution in [-0.2, 0) is 27.5 Å². The number of nitrogens with one attached hydrogen (secondary N) is 3. The SMILES string of the molecule is C[C@@H](CC(=O)N[C@@H]1CCOc2cc(CNC3CC3)ccc21)NS(=O)(=O)c1cccc(C(F)(F)F)c1. The molecule has 2 aliphatic rings. The molecule has 0 radical (unpaired) electrons. The molecule has 0 aromatic heterocycles. The van der Waals surface area contributed by atoms with Gasteiger partial charge in [-0.15, -0.1) is 0 Å². The molecular weight excluding hydrogens is 483 g/mol. The average molecular weight is 512 g/mol. The Labute approximate surface area is 202 Å². The molecule has 0 spiro atoms. The van der Waals surface area contributed by atoms with Crippen LogP contribution in [0.2, 0.25) is 0 Å². The Balaban J connectivity index is 1.35. The highest BCUT2D eigenvalue weighted by molar-refractivity contribution is 7.89. The molecule has 2 aromatic carbocycles. The van der Waals surface area contributed by atoms with E-state index in [2.05, 4.69) is 15.4 Å². The van der Waals surface area contributed by atoms with Gasteiger partial charge in [0.1, 0.15) is 5.75 Å². The van der Waals surface area contributed by atoms with Gasteiger partial charge >= 0.3 is 6.18 Å². The summed E-state index contributed by atoms with van der Waals surface area (Å²) in [6.45, 7) is 2.68. The van der Waals surface area contributed by atoms with Gasteiger partial charge in [0.2, 0.25) is 15.9 Å². The molecule has 1 saturated carbocycles. The van der Waals surface area contributed by atoms with Crippen LogP contribution < -0.4 is 20.1 Å². The van der Waals surface area contributed by atoms with E-state index in [1.54, 1.807) is 0 Å². The third-order valence-corrected chi connectivity index (χ3v) is 7.53. The Hall–Kier alpha value is -2.63. The minimum Gasteiger partial charge on any atom is -0.493 e. The summed E-state index contributed by atoms with van der Waals surface area (Å²) in [5.74, 6) is 0.344. The Morgan fingerprint density at radius 1 is 1.14 bits per heavy atom. The van der Waals surface area contributed by atoms with Crippen LogP contribution in [0.4, 0.5) is 13.2 Å². The van der Waals surface area contributed by atoms with Crippen LogP contribution in [0.5, 0.6) is 5.75 Å². The summed E-state index contributed by atoms with van der Waals surface area (Å²) < 4.78 is 72.0. The number of sulfonamides is 1. The fraction of sp³-hybridized carbons (Fsp3) is 0.458. The molecular formula is C24H28F3N3O4S. The Morgan fingerprint density at radius 2 is 1.91 bits per heavy atom. The molecule has 0 unspecified atom stereocenters. The summed E-state index contributed by atoms with van der Waals surface area (Å²) in [7, 11) is -4.24. The summed E-state index contributed by atoms with van der Waals surface area (Å²) in [5.41, 5.74) is 0.896. The van der Waals surface area contributed by atoms with Crippen molar-refractivity contribution in [3.63, 3.8) is 0 Å². The molecule has 1 aliphatic carbocycles. The van der Waals surface area contributed by atoms with Gasteiger partial charge in [-0.25, -0.2) is 13.1 Å². The van der Waals surface area contributed by atoms with Gasteiger partial charge in [0, 0.05) is 37.0 Å². The van der Waals surface area contributed by atoms with Crippen LogP contribution in [0.1, 0.15) is 55.3 Å². The zero-order valence-electron chi connectivity index (χ0n) is 19.2. The number of benzene rings is 2. The smallest absolute Gasteiger partial charge is 0.416 e. The van der Waals surface area contributed by atoms with E-state index in [0.717, 1.165) is 41.6 Å². The lowest BCUT2D eigenvalue weighted by Crippen LogP contribution is -2.39. The Bertz CT molecular complexity index is 1180. The third kappa shape index (κ3) is 6.74. The maximum Gasteiger partial charge on any atom is 0.416 e. The average Bonchev–Trinajstić information content (AvgIpc) is 3.61. The number of alkyl halides is 3. The molecule has 2 aromatic rings. The zero-order valence-corrected chi connectivity index (χ0v) is 20.0. The summed E-state index contributed by atoms with van der Waals surface area (Å²) in [6.07, 6.45) is -1.86. The maximum atomic E-state index is 12.9. The van der Waals surface area contributed by atoms with Crippen LogP contribution in [0.25, 0.3) is 0 Å². The number of amides is 1. The molecule has 190 valence electrons. The lowest BCUT2D eigenvalue weighted by atomic mass is 9.98. The fourth-order valence-electron chi connectivity index (χ4n) is 3.99. The zero-order chi connectivity index (χ0) is 25.2. The highest BCUT2D eigenvalue weighted by atomic mass is 32.2. The summed E-state index contributed by atoms with van der Waals surface area (Å²) in [5, 5.41) is 6.37. The van der Waals surface area contributed by atoms with Gasteiger partial charge in [0.05, 0.1) is 23.1 Å². The molecule has 1 fully saturated rings. The minimum atomic E-state index is -4.66. The predicted molar refractivity (Wildman–Crippen MR) is 123 cm³/mol. The van der Waals surface area contributed by atoms with Gasteiger partial charge in [0.15, 0.2) is 0 Å². The van der Waals surface area contributed by atoms with E-state index in [1.807, 2.05) is 18.2 Å².